The lowest BCUT2D eigenvalue weighted by Gasteiger charge is -2.44. The van der Waals surface area contributed by atoms with E-state index >= 15 is 0 Å². The zero-order valence-corrected chi connectivity index (χ0v) is 10.3. The van der Waals surface area contributed by atoms with Crippen LogP contribution in [0.15, 0.2) is 0 Å². The zero-order valence-electron chi connectivity index (χ0n) is 10.3. The van der Waals surface area contributed by atoms with Crippen molar-refractivity contribution in [3.05, 3.63) is 0 Å². The zero-order chi connectivity index (χ0) is 11.3. The Morgan fingerprint density at radius 3 is 2.47 bits per heavy atom. The highest BCUT2D eigenvalue weighted by Crippen LogP contribution is 2.29. The molecular weight excluding hydrogens is 184 g/mol. The average molecular weight is 208 g/mol. The predicted octanol–water partition coefficient (Wildman–Crippen LogP) is 1.86. The van der Waals surface area contributed by atoms with Gasteiger partial charge in [-0.2, -0.15) is 0 Å². The van der Waals surface area contributed by atoms with E-state index < -0.39 is 0 Å². The molecule has 0 spiro atoms. The Kier molecular flexibility index (Phi) is 4.63. The highest BCUT2D eigenvalue weighted by molar-refractivity contribution is 5.03. The largest absolute Gasteiger partial charge is 0.314 e. The molecule has 0 saturated carbocycles. The molecule has 0 aromatic heterocycles. The van der Waals surface area contributed by atoms with E-state index in [2.05, 4.69) is 30.0 Å². The Morgan fingerprint density at radius 1 is 1.47 bits per heavy atom. The standard InChI is InChI=1S/C13H24N2/c1-5-9-12(14-4)13(3,6-2)15-10-7-8-11-15/h1,12,14H,6-11H2,2-4H3. The van der Waals surface area contributed by atoms with Crippen LogP contribution in [-0.2, 0) is 0 Å². The number of nitrogens with one attached hydrogen (secondary N) is 1. The Morgan fingerprint density at radius 2 is 2.07 bits per heavy atom. The molecule has 1 saturated heterocycles. The summed E-state index contributed by atoms with van der Waals surface area (Å²) >= 11 is 0. The first kappa shape index (κ1) is 12.5. The quantitative estimate of drug-likeness (QED) is 0.694. The third-order valence-electron chi connectivity index (χ3n) is 3.97. The van der Waals surface area contributed by atoms with Gasteiger partial charge in [0.05, 0.1) is 0 Å². The van der Waals surface area contributed by atoms with Crippen LogP contribution in [0.4, 0.5) is 0 Å². The SMILES string of the molecule is C#CCC(NC)C(C)(CC)N1CCCC1. The number of likely N-dealkylation sites (tertiary alicyclic amines) is 1. The Hall–Kier alpha value is -0.520. The fourth-order valence-corrected chi connectivity index (χ4v) is 2.67. The molecule has 0 aromatic carbocycles. The summed E-state index contributed by atoms with van der Waals surface area (Å²) in [4.78, 5) is 2.60. The van der Waals surface area contributed by atoms with Gasteiger partial charge in [-0.05, 0) is 46.3 Å². The van der Waals surface area contributed by atoms with E-state index in [9.17, 15) is 0 Å². The molecule has 0 amide bonds. The topological polar surface area (TPSA) is 15.3 Å². The molecule has 86 valence electrons. The summed E-state index contributed by atoms with van der Waals surface area (Å²) in [5.41, 5.74) is 0.220. The van der Waals surface area contributed by atoms with Crippen LogP contribution >= 0.6 is 0 Å². The number of rotatable bonds is 5. The van der Waals surface area contributed by atoms with E-state index in [0.29, 0.717) is 6.04 Å². The van der Waals surface area contributed by atoms with E-state index in [1.165, 1.54) is 25.9 Å². The Balaban J connectivity index is 2.76. The molecule has 2 heteroatoms. The van der Waals surface area contributed by atoms with Crippen molar-refractivity contribution in [3.63, 3.8) is 0 Å². The van der Waals surface area contributed by atoms with E-state index in [-0.39, 0.29) is 5.54 Å². The molecule has 0 radical (unpaired) electrons. The average Bonchev–Trinajstić information content (AvgIpc) is 2.78. The number of hydrogen-bond donors (Lipinski definition) is 1. The second-order valence-corrected chi connectivity index (χ2v) is 4.65. The maximum Gasteiger partial charge on any atom is 0.0356 e. The summed E-state index contributed by atoms with van der Waals surface area (Å²) in [5.74, 6) is 2.79. The van der Waals surface area contributed by atoms with Crippen molar-refractivity contribution in [2.75, 3.05) is 20.1 Å². The lowest BCUT2D eigenvalue weighted by atomic mass is 9.85. The minimum absolute atomic E-state index is 0.220. The smallest absolute Gasteiger partial charge is 0.0356 e. The first-order chi connectivity index (χ1) is 7.19. The van der Waals surface area contributed by atoms with Crippen LogP contribution in [0.3, 0.4) is 0 Å². The van der Waals surface area contributed by atoms with Gasteiger partial charge in [0.2, 0.25) is 0 Å². The second kappa shape index (κ2) is 5.53. The lowest BCUT2D eigenvalue weighted by Crippen LogP contribution is -2.57. The van der Waals surface area contributed by atoms with Crippen molar-refractivity contribution in [2.24, 2.45) is 0 Å². The molecule has 1 aliphatic heterocycles. The van der Waals surface area contributed by atoms with Gasteiger partial charge in [0, 0.05) is 18.0 Å². The maximum absolute atomic E-state index is 5.45. The summed E-state index contributed by atoms with van der Waals surface area (Å²) in [6, 6.07) is 0.408. The van der Waals surface area contributed by atoms with Crippen molar-refractivity contribution in [1.82, 2.24) is 10.2 Å². The van der Waals surface area contributed by atoms with Gasteiger partial charge in [-0.1, -0.05) is 6.92 Å². The van der Waals surface area contributed by atoms with Crippen LogP contribution < -0.4 is 5.32 Å². The van der Waals surface area contributed by atoms with Gasteiger partial charge in [0.1, 0.15) is 0 Å². The first-order valence-corrected chi connectivity index (χ1v) is 6.04. The molecule has 2 atom stereocenters. The van der Waals surface area contributed by atoms with Crippen molar-refractivity contribution in [2.45, 2.75) is 51.1 Å². The van der Waals surface area contributed by atoms with Crippen LogP contribution in [0.1, 0.15) is 39.5 Å². The summed E-state index contributed by atoms with van der Waals surface area (Å²) in [7, 11) is 2.02. The number of terminal acetylenes is 1. The molecule has 15 heavy (non-hydrogen) atoms. The maximum atomic E-state index is 5.45. The summed E-state index contributed by atoms with van der Waals surface area (Å²) < 4.78 is 0. The normalized spacial score (nSPS) is 23.3. The van der Waals surface area contributed by atoms with Crippen molar-refractivity contribution >= 4 is 0 Å². The fourth-order valence-electron chi connectivity index (χ4n) is 2.67. The van der Waals surface area contributed by atoms with Crippen molar-refractivity contribution < 1.29 is 0 Å². The molecule has 1 heterocycles. The minimum atomic E-state index is 0.220. The van der Waals surface area contributed by atoms with Gasteiger partial charge < -0.3 is 5.32 Å². The van der Waals surface area contributed by atoms with Gasteiger partial charge in [-0.25, -0.2) is 0 Å². The molecule has 0 aromatic rings. The molecule has 0 bridgehead atoms. The van der Waals surface area contributed by atoms with Crippen LogP contribution in [0.5, 0.6) is 0 Å². The summed E-state index contributed by atoms with van der Waals surface area (Å²) in [5, 5.41) is 3.39. The predicted molar refractivity (Wildman–Crippen MR) is 65.8 cm³/mol. The molecule has 1 rings (SSSR count). The summed E-state index contributed by atoms with van der Waals surface area (Å²) in [6.07, 6.45) is 10.1. The Labute approximate surface area is 94.4 Å². The molecule has 1 N–H and O–H groups in total. The minimum Gasteiger partial charge on any atom is -0.314 e. The number of likely N-dealkylation sites (N-methyl/N-ethyl adjacent to an activating group) is 1. The number of hydrogen-bond acceptors (Lipinski definition) is 2. The van der Waals surface area contributed by atoms with Gasteiger partial charge in [-0.3, -0.25) is 4.90 Å². The highest BCUT2D eigenvalue weighted by atomic mass is 15.2. The second-order valence-electron chi connectivity index (χ2n) is 4.65. The molecule has 1 aliphatic rings. The molecule has 1 fully saturated rings. The summed E-state index contributed by atoms with van der Waals surface area (Å²) in [6.45, 7) is 7.07. The van der Waals surface area contributed by atoms with Gasteiger partial charge in [0.25, 0.3) is 0 Å². The van der Waals surface area contributed by atoms with E-state index in [1.54, 1.807) is 0 Å². The van der Waals surface area contributed by atoms with Crippen LogP contribution in [0.25, 0.3) is 0 Å². The van der Waals surface area contributed by atoms with E-state index in [0.717, 1.165) is 12.8 Å². The van der Waals surface area contributed by atoms with Crippen LogP contribution in [0, 0.1) is 12.3 Å². The van der Waals surface area contributed by atoms with E-state index in [4.69, 9.17) is 6.42 Å². The van der Waals surface area contributed by atoms with Gasteiger partial charge >= 0.3 is 0 Å². The van der Waals surface area contributed by atoms with Gasteiger partial charge in [0.15, 0.2) is 0 Å². The monoisotopic (exact) mass is 208 g/mol. The molecule has 0 aliphatic carbocycles. The molecule has 2 unspecified atom stereocenters. The third-order valence-corrected chi connectivity index (χ3v) is 3.97. The fraction of sp³-hybridized carbons (Fsp3) is 0.846. The third kappa shape index (κ3) is 2.53. The first-order valence-electron chi connectivity index (χ1n) is 6.04. The van der Waals surface area contributed by atoms with Crippen molar-refractivity contribution in [1.29, 1.82) is 0 Å². The lowest BCUT2D eigenvalue weighted by molar-refractivity contribution is 0.0892. The molecular formula is C13H24N2. The molecule has 2 nitrogen and oxygen atoms in total. The van der Waals surface area contributed by atoms with Gasteiger partial charge in [-0.15, -0.1) is 12.3 Å². The van der Waals surface area contributed by atoms with E-state index in [1.807, 2.05) is 7.05 Å². The van der Waals surface area contributed by atoms with Crippen LogP contribution in [0.2, 0.25) is 0 Å². The Bertz CT molecular complexity index is 225. The van der Waals surface area contributed by atoms with Crippen LogP contribution in [-0.4, -0.2) is 36.6 Å². The number of nitrogens with zero attached hydrogens (tertiary/aromatic N) is 1. The highest BCUT2D eigenvalue weighted by Gasteiger charge is 2.38. The van der Waals surface area contributed by atoms with Crippen molar-refractivity contribution in [3.8, 4) is 12.3 Å².